The third-order valence-electron chi connectivity index (χ3n) is 17.4. The zero-order valence-corrected chi connectivity index (χ0v) is 26.7. The molecule has 0 spiro atoms. The van der Waals surface area contributed by atoms with Crippen LogP contribution in [-0.4, -0.2) is 15.7 Å². The molecule has 11 atom stereocenters. The summed E-state index contributed by atoms with van der Waals surface area (Å²) >= 11 is 0. The fourth-order valence-corrected chi connectivity index (χ4v) is 13.8. The van der Waals surface area contributed by atoms with Crippen LogP contribution < -0.4 is 0 Å². The summed E-state index contributed by atoms with van der Waals surface area (Å²) in [4.78, 5) is 0. The summed E-state index contributed by atoms with van der Waals surface area (Å²) in [5.74, 6) is 4.41. The van der Waals surface area contributed by atoms with Gasteiger partial charge in [0.05, 0.1) is 0 Å². The number of hydrogen-bond acceptors (Lipinski definition) is 0. The predicted molar refractivity (Wildman–Crippen MR) is 166 cm³/mol. The molecule has 206 valence electrons. The Morgan fingerprint density at radius 1 is 0.730 bits per heavy atom. The second-order valence-corrected chi connectivity index (χ2v) is 18.0. The van der Waals surface area contributed by atoms with Crippen molar-refractivity contribution in [2.75, 3.05) is 0 Å². The summed E-state index contributed by atoms with van der Waals surface area (Å²) in [6, 6.07) is 0. The smallest absolute Gasteiger partial charge is 0.0846 e. The largest absolute Gasteiger partial charge is 0.111 e. The van der Waals surface area contributed by atoms with Crippen molar-refractivity contribution in [2.24, 2.45) is 56.7 Å². The summed E-state index contributed by atoms with van der Waals surface area (Å²) in [7, 11) is 5.63. The Morgan fingerprint density at radius 2 is 1.43 bits per heavy atom. The van der Waals surface area contributed by atoms with Gasteiger partial charge in [0, 0.05) is 0 Å². The molecule has 6 aliphatic rings. The van der Waals surface area contributed by atoms with Crippen molar-refractivity contribution in [1.29, 1.82) is 0 Å². The van der Waals surface area contributed by atoms with E-state index in [1.807, 2.05) is 5.57 Å². The van der Waals surface area contributed by atoms with Crippen molar-refractivity contribution in [3.63, 3.8) is 0 Å². The number of rotatable bonds is 0. The first-order chi connectivity index (χ1) is 17.1. The minimum atomic E-state index is 0.365. The van der Waals surface area contributed by atoms with Gasteiger partial charge in [-0.05, 0) is 119 Å². The third kappa shape index (κ3) is 2.96. The molecule has 0 bridgehead atoms. The molecule has 0 saturated heterocycles. The second-order valence-electron chi connectivity index (χ2n) is 18.0. The van der Waals surface area contributed by atoms with Crippen LogP contribution in [0.25, 0.3) is 0 Å². The van der Waals surface area contributed by atoms with E-state index in [2.05, 4.69) is 77.2 Å². The van der Waals surface area contributed by atoms with Crippen molar-refractivity contribution in [2.45, 2.75) is 149 Å². The van der Waals surface area contributed by atoms with Crippen LogP contribution in [0.2, 0.25) is 10.6 Å². The first kappa shape index (κ1) is 27.1. The van der Waals surface area contributed by atoms with Gasteiger partial charge in [-0.2, -0.15) is 0 Å². The molecule has 0 aromatic rings. The van der Waals surface area contributed by atoms with Crippen molar-refractivity contribution in [3.05, 3.63) is 11.6 Å². The van der Waals surface area contributed by atoms with Gasteiger partial charge in [0.1, 0.15) is 15.7 Å². The van der Waals surface area contributed by atoms with Crippen LogP contribution in [0.1, 0.15) is 139 Å². The maximum absolute atomic E-state index is 2.92. The van der Waals surface area contributed by atoms with E-state index in [4.69, 9.17) is 0 Å². The first-order valence-electron chi connectivity index (χ1n) is 16.8. The first-order valence-corrected chi connectivity index (χ1v) is 16.8. The minimum absolute atomic E-state index is 0.365. The van der Waals surface area contributed by atoms with Crippen LogP contribution >= 0.6 is 0 Å². The molecule has 2 heteroatoms. The third-order valence-corrected chi connectivity index (χ3v) is 17.4. The Kier molecular flexibility index (Phi) is 5.85. The maximum atomic E-state index is 2.92. The highest BCUT2D eigenvalue weighted by atomic mass is 14.8. The van der Waals surface area contributed by atoms with Crippen LogP contribution in [0.15, 0.2) is 11.6 Å². The Balaban J connectivity index is 1.49. The maximum Gasteiger partial charge on any atom is 0.111 e. The highest BCUT2D eigenvalue weighted by Crippen LogP contribution is 2.87. The summed E-state index contributed by atoms with van der Waals surface area (Å²) in [6.07, 6.45) is 21.9. The summed E-state index contributed by atoms with van der Waals surface area (Å²) in [5.41, 5.74) is 4.07. The molecule has 5 saturated carbocycles. The second kappa shape index (κ2) is 7.99. The van der Waals surface area contributed by atoms with E-state index in [0.717, 1.165) is 29.6 Å². The van der Waals surface area contributed by atoms with Crippen molar-refractivity contribution in [3.8, 4) is 0 Å². The van der Waals surface area contributed by atoms with Gasteiger partial charge in [-0.25, -0.2) is 0 Å². The summed E-state index contributed by atoms with van der Waals surface area (Å²) in [5, 5.41) is 0.800. The monoisotopic (exact) mass is 502 g/mol. The highest BCUT2D eigenvalue weighted by Gasteiger charge is 2.76. The lowest BCUT2D eigenvalue weighted by molar-refractivity contribution is -0.187. The predicted octanol–water partition coefficient (Wildman–Crippen LogP) is 8.82. The topological polar surface area (TPSA) is 0 Å². The van der Waals surface area contributed by atoms with Gasteiger partial charge in [0.2, 0.25) is 0 Å². The van der Waals surface area contributed by atoms with Crippen LogP contribution in [0.4, 0.5) is 0 Å². The van der Waals surface area contributed by atoms with Gasteiger partial charge in [0.25, 0.3) is 0 Å². The molecule has 0 aliphatic heterocycles. The molecule has 0 nitrogen and oxygen atoms in total. The molecule has 0 N–H and O–H groups in total. The fourth-order valence-electron chi connectivity index (χ4n) is 13.8. The van der Waals surface area contributed by atoms with Gasteiger partial charge in [-0.15, -0.1) is 0 Å². The molecular weight excluding hydrogens is 442 g/mol. The molecule has 0 heterocycles. The zero-order chi connectivity index (χ0) is 26.9. The molecular formula is C35H60B2. The van der Waals surface area contributed by atoms with E-state index >= 15 is 0 Å². The summed E-state index contributed by atoms with van der Waals surface area (Å²) in [6.45, 7) is 21.8. The lowest BCUT2D eigenvalue weighted by Gasteiger charge is -2.80. The van der Waals surface area contributed by atoms with Gasteiger partial charge >= 0.3 is 0 Å². The van der Waals surface area contributed by atoms with Crippen LogP contribution in [0, 0.1) is 56.7 Å². The molecule has 3 unspecified atom stereocenters. The lowest BCUT2D eigenvalue weighted by atomic mass is 9.18. The Hall–Kier alpha value is -0.130. The number of allylic oxidation sites excluding steroid dienone is 2. The Bertz CT molecular complexity index is 982. The van der Waals surface area contributed by atoms with Crippen LogP contribution in [0.5, 0.6) is 0 Å². The van der Waals surface area contributed by atoms with E-state index in [0.29, 0.717) is 37.7 Å². The lowest BCUT2D eigenvalue weighted by Crippen LogP contribution is -2.69. The van der Waals surface area contributed by atoms with E-state index in [9.17, 15) is 0 Å². The number of hydrogen-bond donors (Lipinski definition) is 0. The molecule has 0 radical (unpaired) electrons. The summed E-state index contributed by atoms with van der Waals surface area (Å²) < 4.78 is 0. The molecule has 5 fully saturated rings. The van der Waals surface area contributed by atoms with Crippen molar-refractivity contribution < 1.29 is 0 Å². The van der Waals surface area contributed by atoms with E-state index in [-0.39, 0.29) is 0 Å². The quantitative estimate of drug-likeness (QED) is 0.229. The van der Waals surface area contributed by atoms with Crippen LogP contribution in [0.3, 0.4) is 0 Å². The minimum Gasteiger partial charge on any atom is -0.0846 e. The van der Waals surface area contributed by atoms with E-state index in [1.54, 1.807) is 0 Å². The molecule has 0 aromatic carbocycles. The van der Waals surface area contributed by atoms with Crippen LogP contribution in [-0.2, 0) is 0 Å². The highest BCUT2D eigenvalue weighted by molar-refractivity contribution is 6.21. The normalized spacial score (nSPS) is 58.9. The van der Waals surface area contributed by atoms with Gasteiger partial charge < -0.3 is 0 Å². The van der Waals surface area contributed by atoms with E-state index in [1.165, 1.54) is 83.5 Å². The molecule has 0 amide bonds. The van der Waals surface area contributed by atoms with Gasteiger partial charge in [-0.1, -0.05) is 99.1 Å². The van der Waals surface area contributed by atoms with E-state index < -0.39 is 0 Å². The van der Waals surface area contributed by atoms with Crippen molar-refractivity contribution >= 4 is 15.7 Å². The van der Waals surface area contributed by atoms with Gasteiger partial charge in [-0.3, -0.25) is 0 Å². The zero-order valence-electron chi connectivity index (χ0n) is 26.7. The molecule has 6 rings (SSSR count). The average molecular weight is 502 g/mol. The van der Waals surface area contributed by atoms with Crippen molar-refractivity contribution in [1.82, 2.24) is 0 Å². The Morgan fingerprint density at radius 3 is 2.16 bits per heavy atom. The molecule has 0 aromatic heterocycles. The molecule has 6 aliphatic carbocycles. The Labute approximate surface area is 233 Å². The number of fused-ring (bicyclic) bond motifs is 8. The van der Waals surface area contributed by atoms with Gasteiger partial charge in [0.15, 0.2) is 0 Å². The molecule has 37 heavy (non-hydrogen) atoms. The fraction of sp³-hybridized carbons (Fsp3) is 0.943. The average Bonchev–Trinajstić information content (AvgIpc) is 3.08. The SMILES string of the molecule is B[C@]12CC=C3C4[C@@H](C)[C@H](C)CC[C@]4(C)CC[C@@]3(C)[C@]1(C)CC[C@@]1(B)C(C)(C)C3CCCCCC3C[C@]21C. The standard InChI is InChI=1S/C35H60B2/c1-23-14-16-30(5)18-19-31(6)27(28(30)24(23)2)15-17-35(37)32(31,7)20-21-34(36)29(3,4)26-13-11-9-10-12-25(26)22-33(34,35)8/h15,23-26,28H,9-14,16-22,36-37H2,1-8H3/t23-,24+,25?,26?,28?,30-,31-,32+,33+,34-,35-/m1/s1.